The smallest absolute Gasteiger partial charge is 0.416 e. The van der Waals surface area contributed by atoms with E-state index in [1.54, 1.807) is 42.6 Å². The minimum absolute atomic E-state index is 0.0552. The van der Waals surface area contributed by atoms with E-state index in [1.807, 2.05) is 6.07 Å². The third kappa shape index (κ3) is 6.73. The zero-order valence-corrected chi connectivity index (χ0v) is 24.8. The lowest BCUT2D eigenvalue weighted by atomic mass is 9.94. The Morgan fingerprint density at radius 1 is 1.15 bits per heavy atom. The molecule has 2 heterocycles. The van der Waals surface area contributed by atoms with Crippen LogP contribution in [-0.2, 0) is 20.7 Å². The van der Waals surface area contributed by atoms with Crippen molar-refractivity contribution in [2.45, 2.75) is 24.7 Å². The molecule has 1 aromatic heterocycles. The van der Waals surface area contributed by atoms with E-state index in [9.17, 15) is 28.0 Å². The number of nitrogens with zero attached hydrogens (tertiary/aromatic N) is 3. The second-order valence-corrected chi connectivity index (χ2v) is 10.8. The van der Waals surface area contributed by atoms with Crippen molar-refractivity contribution < 1.29 is 41.0 Å². The maximum absolute atomic E-state index is 15.2. The van der Waals surface area contributed by atoms with E-state index in [0.29, 0.717) is 38.2 Å². The molecular formula is C32H24ClF5N4O4. The third-order valence-electron chi connectivity index (χ3n) is 7.51. The van der Waals surface area contributed by atoms with Gasteiger partial charge in [-0.1, -0.05) is 35.9 Å². The Morgan fingerprint density at radius 3 is 2.52 bits per heavy atom. The molecule has 1 fully saturated rings. The number of amides is 1. The number of ether oxygens (including phenoxy) is 2. The number of benzene rings is 3. The zero-order valence-electron chi connectivity index (χ0n) is 24.0. The summed E-state index contributed by atoms with van der Waals surface area (Å²) in [4.78, 5) is 31.5. The number of aromatic nitrogens is 1. The second kappa shape index (κ2) is 13.3. The molecule has 4 aromatic rings. The number of rotatable bonds is 7. The summed E-state index contributed by atoms with van der Waals surface area (Å²) in [7, 11) is 1.09. The fourth-order valence-electron chi connectivity index (χ4n) is 5.26. The number of carbonyl (C=O) groups excluding carboxylic acids is 2. The van der Waals surface area contributed by atoms with Crippen LogP contribution in [0.3, 0.4) is 0 Å². The summed E-state index contributed by atoms with van der Waals surface area (Å²) in [6.07, 6.45) is -5.41. The van der Waals surface area contributed by atoms with Crippen LogP contribution in [0.5, 0.6) is 0 Å². The summed E-state index contributed by atoms with van der Waals surface area (Å²) < 4.78 is 79.4. The molecule has 2 atom stereocenters. The molecule has 0 aliphatic carbocycles. The standard InChI is InChI=1S/C32H24ClF5N4O4/c1-45-31(44)26(12-18-5-7-22(29-20(18)3-2-8-40-29)21-6-4-17(15-39)11-23(21)33)41-30(43)28-24(34)13-19(14-25(28)35)42-9-10-46-27(16-42)32(36,37)38/h2-8,11,13-14,26-27H,9-10,12,16H2,1H3,(H,41,43)/t26-,27+/m0/s1. The van der Waals surface area contributed by atoms with Gasteiger partial charge in [0, 0.05) is 46.4 Å². The summed E-state index contributed by atoms with van der Waals surface area (Å²) in [5, 5.41) is 12.4. The first-order valence-electron chi connectivity index (χ1n) is 13.8. The average molecular weight is 659 g/mol. The molecule has 5 rings (SSSR count). The van der Waals surface area contributed by atoms with E-state index in [1.165, 1.54) is 6.07 Å². The fourth-order valence-corrected chi connectivity index (χ4v) is 5.54. The van der Waals surface area contributed by atoms with Crippen LogP contribution in [0.4, 0.5) is 27.6 Å². The van der Waals surface area contributed by atoms with Crippen LogP contribution in [0.15, 0.2) is 60.8 Å². The van der Waals surface area contributed by atoms with Crippen molar-refractivity contribution in [3.8, 4) is 17.2 Å². The topological polar surface area (TPSA) is 105 Å². The van der Waals surface area contributed by atoms with Crippen molar-refractivity contribution in [3.05, 3.63) is 94.1 Å². The third-order valence-corrected chi connectivity index (χ3v) is 7.83. The quantitative estimate of drug-likeness (QED) is 0.192. The highest BCUT2D eigenvalue weighted by molar-refractivity contribution is 6.33. The molecule has 1 N–H and O–H groups in total. The summed E-state index contributed by atoms with van der Waals surface area (Å²) in [6.45, 7) is -1.06. The van der Waals surface area contributed by atoms with Crippen molar-refractivity contribution in [2.75, 3.05) is 31.7 Å². The van der Waals surface area contributed by atoms with Crippen molar-refractivity contribution in [1.82, 2.24) is 10.3 Å². The van der Waals surface area contributed by atoms with Crippen LogP contribution in [0.2, 0.25) is 5.02 Å². The van der Waals surface area contributed by atoms with Gasteiger partial charge in [0.2, 0.25) is 0 Å². The van der Waals surface area contributed by atoms with Crippen LogP contribution >= 0.6 is 11.6 Å². The van der Waals surface area contributed by atoms with Crippen molar-refractivity contribution in [2.24, 2.45) is 0 Å². The fraction of sp³-hybridized carbons (Fsp3) is 0.250. The van der Waals surface area contributed by atoms with Crippen LogP contribution < -0.4 is 10.2 Å². The number of hydrogen-bond acceptors (Lipinski definition) is 7. The Hall–Kier alpha value is -4.80. The Kier molecular flexibility index (Phi) is 9.41. The Labute approximate surface area is 264 Å². The number of nitriles is 1. The summed E-state index contributed by atoms with van der Waals surface area (Å²) in [6, 6.07) is 13.8. The number of pyridine rings is 1. The normalized spacial score (nSPS) is 15.7. The molecule has 0 saturated carbocycles. The number of alkyl halides is 3. The maximum atomic E-state index is 15.2. The summed E-state index contributed by atoms with van der Waals surface area (Å²) in [5.41, 5.74) is 1.44. The van der Waals surface area contributed by atoms with E-state index in [4.69, 9.17) is 21.1 Å². The molecule has 0 unspecified atom stereocenters. The Balaban J connectivity index is 1.42. The number of anilines is 1. The molecule has 0 radical (unpaired) electrons. The first kappa shape index (κ1) is 32.6. The van der Waals surface area contributed by atoms with Crippen LogP contribution in [0.1, 0.15) is 21.5 Å². The molecule has 3 aromatic carbocycles. The van der Waals surface area contributed by atoms with Crippen molar-refractivity contribution in [3.63, 3.8) is 0 Å². The molecule has 1 aliphatic heterocycles. The number of methoxy groups -OCH3 is 1. The van der Waals surface area contributed by atoms with Gasteiger partial charge in [0.05, 0.1) is 37.4 Å². The minimum Gasteiger partial charge on any atom is -0.467 e. The molecule has 1 saturated heterocycles. The van der Waals surface area contributed by atoms with Crippen molar-refractivity contribution >= 4 is 40.1 Å². The SMILES string of the molecule is COC(=O)[C@H](Cc1ccc(-c2ccc(C#N)cc2Cl)c2ncccc12)NC(=O)c1c(F)cc(N2CCO[C@@H](C(F)(F)F)C2)cc1F. The molecule has 14 heteroatoms. The number of nitrogens with one attached hydrogen (secondary N) is 1. The van der Waals surface area contributed by atoms with E-state index in [2.05, 4.69) is 10.3 Å². The molecule has 0 bridgehead atoms. The number of esters is 1. The molecule has 8 nitrogen and oxygen atoms in total. The average Bonchev–Trinajstić information content (AvgIpc) is 3.03. The molecule has 1 aliphatic rings. The van der Waals surface area contributed by atoms with Crippen LogP contribution in [-0.4, -0.2) is 62.0 Å². The van der Waals surface area contributed by atoms with Gasteiger partial charge in [-0.2, -0.15) is 18.4 Å². The van der Waals surface area contributed by atoms with Gasteiger partial charge < -0.3 is 19.7 Å². The van der Waals surface area contributed by atoms with Crippen LogP contribution in [0.25, 0.3) is 22.0 Å². The Morgan fingerprint density at radius 2 is 1.87 bits per heavy atom. The van der Waals surface area contributed by atoms with Crippen LogP contribution in [0, 0.1) is 23.0 Å². The number of fused-ring (bicyclic) bond motifs is 1. The highest BCUT2D eigenvalue weighted by atomic mass is 35.5. The largest absolute Gasteiger partial charge is 0.467 e. The molecule has 238 valence electrons. The lowest BCUT2D eigenvalue weighted by Crippen LogP contribution is -2.49. The van der Waals surface area contributed by atoms with Gasteiger partial charge in [-0.05, 0) is 35.9 Å². The van der Waals surface area contributed by atoms with E-state index in [0.717, 1.165) is 24.1 Å². The lowest BCUT2D eigenvalue weighted by molar-refractivity contribution is -0.221. The Bertz CT molecular complexity index is 1840. The molecule has 1 amide bonds. The first-order valence-corrected chi connectivity index (χ1v) is 14.2. The van der Waals surface area contributed by atoms with Gasteiger partial charge in [-0.15, -0.1) is 0 Å². The van der Waals surface area contributed by atoms with Crippen molar-refractivity contribution in [1.29, 1.82) is 5.26 Å². The minimum atomic E-state index is -4.67. The highest BCUT2D eigenvalue weighted by Gasteiger charge is 2.43. The number of halogens is 6. The summed E-state index contributed by atoms with van der Waals surface area (Å²) >= 11 is 6.44. The monoisotopic (exact) mass is 658 g/mol. The molecule has 0 spiro atoms. The van der Waals surface area contributed by atoms with Gasteiger partial charge >= 0.3 is 12.1 Å². The van der Waals surface area contributed by atoms with Gasteiger partial charge in [0.15, 0.2) is 6.10 Å². The predicted molar refractivity (Wildman–Crippen MR) is 158 cm³/mol. The maximum Gasteiger partial charge on any atom is 0.416 e. The predicted octanol–water partition coefficient (Wildman–Crippen LogP) is 5.99. The first-order chi connectivity index (χ1) is 21.9. The van der Waals surface area contributed by atoms with E-state index < -0.39 is 53.9 Å². The van der Waals surface area contributed by atoms with Gasteiger partial charge in [0.1, 0.15) is 23.2 Å². The van der Waals surface area contributed by atoms with Gasteiger partial charge in [0.25, 0.3) is 5.91 Å². The second-order valence-electron chi connectivity index (χ2n) is 10.4. The zero-order chi connectivity index (χ0) is 33.2. The molecular weight excluding hydrogens is 635 g/mol. The lowest BCUT2D eigenvalue weighted by Gasteiger charge is -2.35. The highest BCUT2D eigenvalue weighted by Crippen LogP contribution is 2.35. The number of hydrogen-bond donors (Lipinski definition) is 1. The van der Waals surface area contributed by atoms with Gasteiger partial charge in [-0.3, -0.25) is 9.78 Å². The van der Waals surface area contributed by atoms with E-state index in [-0.39, 0.29) is 25.3 Å². The number of carbonyl (C=O) groups is 2. The molecule has 46 heavy (non-hydrogen) atoms. The number of morpholine rings is 1. The summed E-state index contributed by atoms with van der Waals surface area (Å²) in [5.74, 6) is -4.82. The van der Waals surface area contributed by atoms with Gasteiger partial charge in [-0.25, -0.2) is 13.6 Å². The van der Waals surface area contributed by atoms with E-state index >= 15 is 8.78 Å².